The molecule has 170 valence electrons. The van der Waals surface area contributed by atoms with Crippen LogP contribution in [-0.2, 0) is 27.9 Å². The second-order valence-electron chi connectivity index (χ2n) is 7.46. The van der Waals surface area contributed by atoms with Crippen molar-refractivity contribution in [2.75, 3.05) is 26.2 Å². The number of carbonyl (C=O) groups excluding carboxylic acids is 1. The van der Waals surface area contributed by atoms with Gasteiger partial charge >= 0.3 is 5.69 Å². The van der Waals surface area contributed by atoms with Gasteiger partial charge in [-0.05, 0) is 37.3 Å². The third-order valence-electron chi connectivity index (χ3n) is 5.64. The fourth-order valence-electron chi connectivity index (χ4n) is 3.96. The topological polar surface area (TPSA) is 84.6 Å². The van der Waals surface area contributed by atoms with E-state index in [-0.39, 0.29) is 59.3 Å². The number of aromatic nitrogens is 2. The molecule has 1 amide bonds. The molecular weight excluding hydrogens is 475 g/mol. The Hall–Kier alpha value is -2.33. The number of carbonyl (C=O) groups is 1. The number of halogens is 2. The molecule has 1 aliphatic rings. The number of fused-ring (bicyclic) bond motifs is 1. The highest BCUT2D eigenvalue weighted by molar-refractivity contribution is 7.89. The van der Waals surface area contributed by atoms with E-state index in [0.29, 0.717) is 12.1 Å². The van der Waals surface area contributed by atoms with E-state index >= 15 is 0 Å². The van der Waals surface area contributed by atoms with Crippen molar-refractivity contribution < 1.29 is 13.2 Å². The predicted octanol–water partition coefficient (Wildman–Crippen LogP) is 2.66. The van der Waals surface area contributed by atoms with E-state index in [1.807, 2.05) is 31.2 Å². The Labute approximate surface area is 195 Å². The lowest BCUT2D eigenvalue weighted by Gasteiger charge is -2.34. The molecule has 3 aromatic rings. The first-order chi connectivity index (χ1) is 15.2. The number of sulfonamides is 1. The van der Waals surface area contributed by atoms with Gasteiger partial charge in [-0.1, -0.05) is 35.3 Å². The van der Waals surface area contributed by atoms with Gasteiger partial charge in [0.05, 0.1) is 16.1 Å². The first-order valence-corrected chi connectivity index (χ1v) is 12.3. The normalized spacial score (nSPS) is 15.4. The number of amides is 1. The minimum Gasteiger partial charge on any atom is -0.338 e. The number of piperazine rings is 1. The molecule has 1 aliphatic heterocycles. The summed E-state index contributed by atoms with van der Waals surface area (Å²) in [5.74, 6) is -0.232. The maximum absolute atomic E-state index is 13.0. The molecule has 11 heteroatoms. The Kier molecular flexibility index (Phi) is 6.35. The van der Waals surface area contributed by atoms with Crippen molar-refractivity contribution in [1.82, 2.24) is 18.3 Å². The van der Waals surface area contributed by atoms with E-state index in [2.05, 4.69) is 0 Å². The van der Waals surface area contributed by atoms with Crippen LogP contribution in [0.25, 0.3) is 11.0 Å². The van der Waals surface area contributed by atoms with Crippen LogP contribution in [0.5, 0.6) is 0 Å². The molecule has 0 saturated carbocycles. The van der Waals surface area contributed by atoms with Crippen LogP contribution in [0.4, 0.5) is 0 Å². The number of aryl methyl sites for hydroxylation is 1. The number of nitrogens with zero attached hydrogens (tertiary/aromatic N) is 4. The van der Waals surface area contributed by atoms with E-state index in [9.17, 15) is 18.0 Å². The van der Waals surface area contributed by atoms with Crippen LogP contribution in [0, 0.1) is 0 Å². The minimum atomic E-state index is -3.84. The summed E-state index contributed by atoms with van der Waals surface area (Å²) >= 11 is 12.0. The molecule has 0 unspecified atom stereocenters. The molecule has 0 atom stereocenters. The molecule has 2 aromatic carbocycles. The van der Waals surface area contributed by atoms with Crippen LogP contribution in [0.3, 0.4) is 0 Å². The lowest BCUT2D eigenvalue weighted by molar-refractivity contribution is -0.133. The second kappa shape index (κ2) is 8.90. The average molecular weight is 497 g/mol. The first kappa shape index (κ1) is 22.8. The summed E-state index contributed by atoms with van der Waals surface area (Å²) in [6.45, 7) is 2.98. The summed E-state index contributed by atoms with van der Waals surface area (Å²) < 4.78 is 30.4. The average Bonchev–Trinajstić information content (AvgIpc) is 3.06. The Morgan fingerprint density at radius 1 is 0.969 bits per heavy atom. The van der Waals surface area contributed by atoms with Crippen LogP contribution >= 0.6 is 23.2 Å². The van der Waals surface area contributed by atoms with Crippen molar-refractivity contribution in [2.45, 2.75) is 24.9 Å². The van der Waals surface area contributed by atoms with Crippen molar-refractivity contribution >= 4 is 50.2 Å². The third-order valence-corrected chi connectivity index (χ3v) is 8.25. The van der Waals surface area contributed by atoms with Crippen LogP contribution in [0.15, 0.2) is 52.2 Å². The number of benzene rings is 2. The zero-order chi connectivity index (χ0) is 23.0. The molecule has 1 fully saturated rings. The number of hydrogen-bond acceptors (Lipinski definition) is 4. The SMILES string of the molecule is CCn1c(=O)n(CC(=O)N2CCN(S(=O)(=O)c3cc(Cl)ccc3Cl)CC2)c2ccccc21. The monoisotopic (exact) mass is 496 g/mol. The highest BCUT2D eigenvalue weighted by Gasteiger charge is 2.32. The summed E-state index contributed by atoms with van der Waals surface area (Å²) in [6, 6.07) is 11.6. The van der Waals surface area contributed by atoms with E-state index in [0.717, 1.165) is 5.52 Å². The quantitative estimate of drug-likeness (QED) is 0.543. The van der Waals surface area contributed by atoms with Gasteiger partial charge in [-0.15, -0.1) is 0 Å². The van der Waals surface area contributed by atoms with Gasteiger partial charge < -0.3 is 4.90 Å². The van der Waals surface area contributed by atoms with Crippen molar-refractivity contribution in [3.05, 3.63) is 63.0 Å². The largest absolute Gasteiger partial charge is 0.338 e. The lowest BCUT2D eigenvalue weighted by Crippen LogP contribution is -2.51. The van der Waals surface area contributed by atoms with Gasteiger partial charge in [-0.25, -0.2) is 13.2 Å². The van der Waals surface area contributed by atoms with Crippen LogP contribution < -0.4 is 5.69 Å². The van der Waals surface area contributed by atoms with E-state index in [1.54, 1.807) is 9.47 Å². The summed E-state index contributed by atoms with van der Waals surface area (Å²) in [4.78, 5) is 27.2. The second-order valence-corrected chi connectivity index (χ2v) is 10.2. The maximum atomic E-state index is 13.0. The van der Waals surface area contributed by atoms with Crippen molar-refractivity contribution in [3.8, 4) is 0 Å². The van der Waals surface area contributed by atoms with E-state index < -0.39 is 10.0 Å². The summed E-state index contributed by atoms with van der Waals surface area (Å²) in [5.41, 5.74) is 1.24. The molecule has 0 bridgehead atoms. The molecular formula is C21H22Cl2N4O4S. The molecule has 0 aliphatic carbocycles. The number of hydrogen-bond donors (Lipinski definition) is 0. The van der Waals surface area contributed by atoms with Gasteiger partial charge in [0.2, 0.25) is 15.9 Å². The Morgan fingerprint density at radius 2 is 1.59 bits per heavy atom. The lowest BCUT2D eigenvalue weighted by atomic mass is 10.3. The first-order valence-electron chi connectivity index (χ1n) is 10.1. The summed E-state index contributed by atoms with van der Waals surface area (Å²) in [7, 11) is -3.84. The standard InChI is InChI=1S/C21H22Cl2N4O4S/c1-2-26-17-5-3-4-6-18(17)27(21(26)29)14-20(28)24-9-11-25(12-10-24)32(30,31)19-13-15(22)7-8-16(19)23/h3-8,13H,2,9-12,14H2,1H3. The van der Waals surface area contributed by atoms with Crippen molar-refractivity contribution in [3.63, 3.8) is 0 Å². The molecule has 0 spiro atoms. The van der Waals surface area contributed by atoms with E-state index in [1.165, 1.54) is 27.1 Å². The molecule has 0 radical (unpaired) electrons. The Balaban J connectivity index is 1.49. The number of para-hydroxylation sites is 2. The fraction of sp³-hybridized carbons (Fsp3) is 0.333. The van der Waals surface area contributed by atoms with Gasteiger partial charge in [0, 0.05) is 37.7 Å². The number of rotatable bonds is 5. The highest BCUT2D eigenvalue weighted by Crippen LogP contribution is 2.28. The van der Waals surface area contributed by atoms with Crippen molar-refractivity contribution in [1.29, 1.82) is 0 Å². The zero-order valence-electron chi connectivity index (χ0n) is 17.4. The Morgan fingerprint density at radius 3 is 2.22 bits per heavy atom. The molecule has 4 rings (SSSR count). The van der Waals surface area contributed by atoms with Gasteiger partial charge in [0.15, 0.2) is 0 Å². The van der Waals surface area contributed by atoms with Crippen molar-refractivity contribution in [2.24, 2.45) is 0 Å². The Bertz CT molecular complexity index is 1340. The highest BCUT2D eigenvalue weighted by atomic mass is 35.5. The smallest absolute Gasteiger partial charge is 0.329 e. The van der Waals surface area contributed by atoms with Crippen LogP contribution in [0.2, 0.25) is 10.0 Å². The van der Waals surface area contributed by atoms with Crippen LogP contribution in [0.1, 0.15) is 6.92 Å². The molecule has 8 nitrogen and oxygen atoms in total. The zero-order valence-corrected chi connectivity index (χ0v) is 19.7. The molecule has 32 heavy (non-hydrogen) atoms. The molecule has 2 heterocycles. The summed E-state index contributed by atoms with van der Waals surface area (Å²) in [6.07, 6.45) is 0. The van der Waals surface area contributed by atoms with Gasteiger partial charge in [-0.2, -0.15) is 4.31 Å². The molecule has 1 saturated heterocycles. The molecule has 0 N–H and O–H groups in total. The van der Waals surface area contributed by atoms with Gasteiger partial charge in [-0.3, -0.25) is 13.9 Å². The van der Waals surface area contributed by atoms with Crippen LogP contribution in [-0.4, -0.2) is 58.8 Å². The van der Waals surface area contributed by atoms with E-state index in [4.69, 9.17) is 23.2 Å². The molecule has 1 aromatic heterocycles. The number of imidazole rings is 1. The minimum absolute atomic E-state index is 0.0506. The maximum Gasteiger partial charge on any atom is 0.329 e. The predicted molar refractivity (Wildman–Crippen MR) is 124 cm³/mol. The third kappa shape index (κ3) is 4.05. The van der Waals surface area contributed by atoms with Gasteiger partial charge in [0.25, 0.3) is 0 Å². The summed E-state index contributed by atoms with van der Waals surface area (Å²) in [5, 5.41) is 0.373. The fourth-order valence-corrected chi connectivity index (χ4v) is 6.12. The van der Waals surface area contributed by atoms with Gasteiger partial charge in [0.1, 0.15) is 11.4 Å².